The van der Waals surface area contributed by atoms with Crippen LogP contribution in [0.25, 0.3) is 0 Å². The van der Waals surface area contributed by atoms with Gasteiger partial charge in [0.1, 0.15) is 5.75 Å². The third kappa shape index (κ3) is 4.14. The second-order valence-corrected chi connectivity index (χ2v) is 6.10. The summed E-state index contributed by atoms with van der Waals surface area (Å²) in [7, 11) is 0. The van der Waals surface area contributed by atoms with Gasteiger partial charge in [-0.25, -0.2) is 0 Å². The number of nitro benzene ring substituents is 1. The van der Waals surface area contributed by atoms with E-state index in [4.69, 9.17) is 4.74 Å². The number of aldehydes is 1. The maximum absolute atomic E-state index is 12.3. The fourth-order valence-electron chi connectivity index (χ4n) is 2.92. The van der Waals surface area contributed by atoms with E-state index in [0.29, 0.717) is 30.6 Å². The van der Waals surface area contributed by atoms with Crippen molar-refractivity contribution in [2.45, 2.75) is 12.8 Å². The number of ether oxygens (including phenoxy) is 1. The minimum atomic E-state index is -0.625. The standard InChI is InChI=1S/C19H17N3O6/c23-11-13-10-14(22(26)27)7-8-17(13)28-12-18(24)20-15-4-1-2-5-16(15)21-9-3-6-19(21)25/h1-2,4-5,7-8,10-11H,3,6,9,12H2,(H,20,24). The van der Waals surface area contributed by atoms with E-state index in [1.807, 2.05) is 0 Å². The fraction of sp³-hybridized carbons (Fsp3) is 0.211. The smallest absolute Gasteiger partial charge is 0.270 e. The van der Waals surface area contributed by atoms with Gasteiger partial charge in [-0.3, -0.25) is 24.5 Å². The van der Waals surface area contributed by atoms with E-state index in [1.165, 1.54) is 12.1 Å². The van der Waals surface area contributed by atoms with Gasteiger partial charge in [-0.1, -0.05) is 12.1 Å². The first kappa shape index (κ1) is 19.0. The molecule has 2 aromatic rings. The van der Waals surface area contributed by atoms with Crippen LogP contribution in [0.15, 0.2) is 42.5 Å². The third-order valence-electron chi connectivity index (χ3n) is 4.23. The lowest BCUT2D eigenvalue weighted by Crippen LogP contribution is -2.27. The summed E-state index contributed by atoms with van der Waals surface area (Å²) in [6.07, 6.45) is 1.66. The zero-order chi connectivity index (χ0) is 20.1. The third-order valence-corrected chi connectivity index (χ3v) is 4.23. The molecule has 0 bridgehead atoms. The van der Waals surface area contributed by atoms with E-state index in [1.54, 1.807) is 29.2 Å². The maximum Gasteiger partial charge on any atom is 0.270 e. The Morgan fingerprint density at radius 2 is 2.07 bits per heavy atom. The molecule has 2 aromatic carbocycles. The fourth-order valence-corrected chi connectivity index (χ4v) is 2.92. The Morgan fingerprint density at radius 1 is 1.29 bits per heavy atom. The molecule has 0 spiro atoms. The molecule has 1 aliphatic heterocycles. The summed E-state index contributed by atoms with van der Waals surface area (Å²) >= 11 is 0. The molecule has 1 heterocycles. The second kappa shape index (κ2) is 8.30. The van der Waals surface area contributed by atoms with E-state index in [0.717, 1.165) is 12.5 Å². The number of carbonyl (C=O) groups excluding carboxylic acids is 3. The van der Waals surface area contributed by atoms with E-state index in [-0.39, 0.29) is 22.9 Å². The quantitative estimate of drug-likeness (QED) is 0.446. The molecule has 2 amide bonds. The molecule has 1 fully saturated rings. The number of nitro groups is 1. The molecule has 144 valence electrons. The van der Waals surface area contributed by atoms with Gasteiger partial charge in [0.25, 0.3) is 11.6 Å². The Bertz CT molecular complexity index is 943. The minimum Gasteiger partial charge on any atom is -0.483 e. The van der Waals surface area contributed by atoms with E-state index in [2.05, 4.69) is 5.32 Å². The van der Waals surface area contributed by atoms with Crippen molar-refractivity contribution < 1.29 is 24.0 Å². The van der Waals surface area contributed by atoms with Crippen LogP contribution in [0.5, 0.6) is 5.75 Å². The van der Waals surface area contributed by atoms with Crippen LogP contribution in [0.1, 0.15) is 23.2 Å². The first-order chi connectivity index (χ1) is 13.5. The van der Waals surface area contributed by atoms with Crippen molar-refractivity contribution in [3.05, 3.63) is 58.1 Å². The summed E-state index contributed by atoms with van der Waals surface area (Å²) in [6.45, 7) is 0.189. The van der Waals surface area contributed by atoms with Gasteiger partial charge in [0.05, 0.1) is 21.9 Å². The average molecular weight is 383 g/mol. The SMILES string of the molecule is O=Cc1cc([N+](=O)[O-])ccc1OCC(=O)Nc1ccccc1N1CCCC1=O. The first-order valence-corrected chi connectivity index (χ1v) is 8.55. The number of carbonyl (C=O) groups is 3. The van der Waals surface area contributed by atoms with Gasteiger partial charge in [-0.2, -0.15) is 0 Å². The molecular weight excluding hydrogens is 366 g/mol. The van der Waals surface area contributed by atoms with Gasteiger partial charge in [0, 0.05) is 25.1 Å². The van der Waals surface area contributed by atoms with Crippen LogP contribution in [-0.2, 0) is 9.59 Å². The van der Waals surface area contributed by atoms with Crippen LogP contribution < -0.4 is 15.0 Å². The Labute approximate surface area is 160 Å². The molecular formula is C19H17N3O6. The molecule has 1 N–H and O–H groups in total. The minimum absolute atomic E-state index is 0.000506. The number of hydrogen-bond donors (Lipinski definition) is 1. The van der Waals surface area contributed by atoms with Gasteiger partial charge in [0.2, 0.25) is 5.91 Å². The lowest BCUT2D eigenvalue weighted by atomic mass is 10.2. The number of non-ortho nitro benzene ring substituents is 1. The second-order valence-electron chi connectivity index (χ2n) is 6.10. The molecule has 0 aromatic heterocycles. The van der Waals surface area contributed by atoms with Gasteiger partial charge < -0.3 is 15.0 Å². The van der Waals surface area contributed by atoms with Gasteiger partial charge in [-0.05, 0) is 24.6 Å². The highest BCUT2D eigenvalue weighted by atomic mass is 16.6. The zero-order valence-corrected chi connectivity index (χ0v) is 14.8. The number of nitrogens with zero attached hydrogens (tertiary/aromatic N) is 2. The number of amides is 2. The predicted octanol–water partition coefficient (Wildman–Crippen LogP) is 2.55. The first-order valence-electron chi connectivity index (χ1n) is 8.55. The normalized spacial score (nSPS) is 13.3. The molecule has 28 heavy (non-hydrogen) atoms. The predicted molar refractivity (Wildman–Crippen MR) is 101 cm³/mol. The highest BCUT2D eigenvalue weighted by molar-refractivity contribution is 6.02. The lowest BCUT2D eigenvalue weighted by Gasteiger charge is -2.20. The molecule has 1 aliphatic rings. The summed E-state index contributed by atoms with van der Waals surface area (Å²) in [5.74, 6) is -0.424. The summed E-state index contributed by atoms with van der Waals surface area (Å²) in [5, 5.41) is 13.5. The van der Waals surface area contributed by atoms with E-state index < -0.39 is 17.4 Å². The van der Waals surface area contributed by atoms with Crippen molar-refractivity contribution >= 4 is 35.2 Å². The van der Waals surface area contributed by atoms with Gasteiger partial charge >= 0.3 is 0 Å². The van der Waals surface area contributed by atoms with E-state index in [9.17, 15) is 24.5 Å². The number of hydrogen-bond acceptors (Lipinski definition) is 6. The molecule has 9 heteroatoms. The summed E-state index contributed by atoms with van der Waals surface area (Å²) in [4.78, 5) is 47.1. The molecule has 0 aliphatic carbocycles. The van der Waals surface area contributed by atoms with Crippen LogP contribution in [-0.4, -0.2) is 36.2 Å². The highest BCUT2D eigenvalue weighted by Gasteiger charge is 2.24. The van der Waals surface area contributed by atoms with Crippen LogP contribution in [0.3, 0.4) is 0 Å². The Balaban J connectivity index is 1.68. The van der Waals surface area contributed by atoms with Gasteiger partial charge in [-0.15, -0.1) is 0 Å². The van der Waals surface area contributed by atoms with Crippen molar-refractivity contribution in [3.63, 3.8) is 0 Å². The van der Waals surface area contributed by atoms with Crippen molar-refractivity contribution in [2.24, 2.45) is 0 Å². The summed E-state index contributed by atoms with van der Waals surface area (Å²) < 4.78 is 5.34. The van der Waals surface area contributed by atoms with Crippen molar-refractivity contribution in [2.75, 3.05) is 23.4 Å². The van der Waals surface area contributed by atoms with Crippen LogP contribution >= 0.6 is 0 Å². The molecule has 0 unspecified atom stereocenters. The maximum atomic E-state index is 12.3. The molecule has 1 saturated heterocycles. The molecule has 9 nitrogen and oxygen atoms in total. The van der Waals surface area contributed by atoms with Crippen LogP contribution in [0.4, 0.5) is 17.1 Å². The highest BCUT2D eigenvalue weighted by Crippen LogP contribution is 2.29. The van der Waals surface area contributed by atoms with Crippen LogP contribution in [0.2, 0.25) is 0 Å². The molecule has 3 rings (SSSR count). The number of benzene rings is 2. The van der Waals surface area contributed by atoms with Gasteiger partial charge in [0.15, 0.2) is 12.9 Å². The molecule has 0 atom stereocenters. The van der Waals surface area contributed by atoms with Crippen molar-refractivity contribution in [3.8, 4) is 5.75 Å². The summed E-state index contributed by atoms with van der Waals surface area (Å²) in [5.41, 5.74) is 0.820. The largest absolute Gasteiger partial charge is 0.483 e. The van der Waals surface area contributed by atoms with Crippen molar-refractivity contribution in [1.29, 1.82) is 0 Å². The number of anilines is 2. The zero-order valence-electron chi connectivity index (χ0n) is 14.8. The Kier molecular flexibility index (Phi) is 5.64. The Morgan fingerprint density at radius 3 is 2.75 bits per heavy atom. The van der Waals surface area contributed by atoms with Crippen molar-refractivity contribution in [1.82, 2.24) is 0 Å². The number of nitrogens with one attached hydrogen (secondary N) is 1. The molecule has 0 saturated carbocycles. The average Bonchev–Trinajstić information content (AvgIpc) is 3.12. The number of para-hydroxylation sites is 2. The monoisotopic (exact) mass is 383 g/mol. The van der Waals surface area contributed by atoms with E-state index >= 15 is 0 Å². The number of rotatable bonds is 7. The topological polar surface area (TPSA) is 119 Å². The Hall–Kier alpha value is -3.75. The lowest BCUT2D eigenvalue weighted by molar-refractivity contribution is -0.384. The van der Waals surface area contributed by atoms with Crippen LogP contribution in [0, 0.1) is 10.1 Å². The summed E-state index contributed by atoms with van der Waals surface area (Å²) in [6, 6.07) is 10.5. The molecule has 0 radical (unpaired) electrons.